The Labute approximate surface area is 121 Å². The molecule has 0 spiro atoms. The average molecular weight is 322 g/mol. The Morgan fingerprint density at radius 1 is 1.16 bits per heavy atom. The van der Waals surface area contributed by atoms with E-state index in [-0.39, 0.29) is 11.8 Å². The van der Waals surface area contributed by atoms with Crippen molar-refractivity contribution < 1.29 is 9.84 Å². The lowest BCUT2D eigenvalue weighted by Crippen LogP contribution is -2.06. The maximum atomic E-state index is 9.29. The molecule has 2 rings (SSSR count). The molecule has 0 bridgehead atoms. The van der Waals surface area contributed by atoms with E-state index in [2.05, 4.69) is 28.2 Å². The molecule has 100 valence electrons. The summed E-state index contributed by atoms with van der Waals surface area (Å²) in [5.74, 6) is 1.08. The van der Waals surface area contributed by atoms with E-state index in [1.807, 2.05) is 30.3 Å². The molecule has 19 heavy (non-hydrogen) atoms. The van der Waals surface area contributed by atoms with E-state index in [0.717, 1.165) is 21.5 Å². The average Bonchev–Trinajstić information content (AvgIpc) is 2.38. The minimum absolute atomic E-state index is 0.139. The number of aromatic hydroxyl groups is 1. The minimum atomic E-state index is 0.139. The lowest BCUT2D eigenvalue weighted by atomic mass is 10.1. The van der Waals surface area contributed by atoms with Gasteiger partial charge < -0.3 is 15.2 Å². The number of rotatable bonds is 4. The summed E-state index contributed by atoms with van der Waals surface area (Å²) in [5, 5.41) is 12.7. The van der Waals surface area contributed by atoms with E-state index in [4.69, 9.17) is 4.74 Å². The zero-order valence-corrected chi connectivity index (χ0v) is 12.4. The van der Waals surface area contributed by atoms with Crippen molar-refractivity contribution in [1.82, 2.24) is 0 Å². The Morgan fingerprint density at radius 3 is 2.47 bits per heavy atom. The standard InChI is InChI=1S/C15H16BrNO2/c1-10(11-3-5-14(18)6-4-11)17-13-7-12(16)8-15(9-13)19-2/h3-10,17-18H,1-2H3. The second kappa shape index (κ2) is 5.97. The first-order valence-corrected chi connectivity index (χ1v) is 6.78. The highest BCUT2D eigenvalue weighted by molar-refractivity contribution is 9.10. The summed E-state index contributed by atoms with van der Waals surface area (Å²) in [7, 11) is 1.65. The van der Waals surface area contributed by atoms with Gasteiger partial charge in [0.15, 0.2) is 0 Å². The summed E-state index contributed by atoms with van der Waals surface area (Å²) in [6.07, 6.45) is 0. The predicted octanol–water partition coefficient (Wildman–Crippen LogP) is 4.34. The van der Waals surface area contributed by atoms with Crippen LogP contribution < -0.4 is 10.1 Å². The Balaban J connectivity index is 2.16. The predicted molar refractivity (Wildman–Crippen MR) is 80.8 cm³/mol. The number of halogens is 1. The van der Waals surface area contributed by atoms with Gasteiger partial charge in [-0.1, -0.05) is 28.1 Å². The summed E-state index contributed by atoms with van der Waals surface area (Å²) >= 11 is 3.46. The maximum absolute atomic E-state index is 9.29. The number of phenolic OH excluding ortho intramolecular Hbond substituents is 1. The summed E-state index contributed by atoms with van der Waals surface area (Å²) in [6.45, 7) is 2.07. The van der Waals surface area contributed by atoms with Gasteiger partial charge in [-0.2, -0.15) is 0 Å². The Kier molecular flexibility index (Phi) is 4.32. The monoisotopic (exact) mass is 321 g/mol. The van der Waals surface area contributed by atoms with Crippen LogP contribution in [0.25, 0.3) is 0 Å². The fourth-order valence-electron chi connectivity index (χ4n) is 1.86. The number of anilines is 1. The summed E-state index contributed by atoms with van der Waals surface area (Å²) in [6, 6.07) is 13.2. The third-order valence-corrected chi connectivity index (χ3v) is 3.34. The number of methoxy groups -OCH3 is 1. The van der Waals surface area contributed by atoms with Crippen LogP contribution in [0.3, 0.4) is 0 Å². The number of benzene rings is 2. The van der Waals surface area contributed by atoms with Crippen molar-refractivity contribution in [1.29, 1.82) is 0 Å². The Bertz CT molecular complexity index is 555. The normalized spacial score (nSPS) is 11.9. The van der Waals surface area contributed by atoms with Crippen LogP contribution in [0, 0.1) is 0 Å². The third-order valence-electron chi connectivity index (χ3n) is 2.88. The van der Waals surface area contributed by atoms with Crippen molar-refractivity contribution in [3.63, 3.8) is 0 Å². The highest BCUT2D eigenvalue weighted by Crippen LogP contribution is 2.27. The highest BCUT2D eigenvalue weighted by atomic mass is 79.9. The molecule has 0 fully saturated rings. The van der Waals surface area contributed by atoms with Gasteiger partial charge in [-0.25, -0.2) is 0 Å². The first kappa shape index (κ1) is 13.7. The molecule has 0 radical (unpaired) electrons. The number of nitrogens with one attached hydrogen (secondary N) is 1. The summed E-state index contributed by atoms with van der Waals surface area (Å²) < 4.78 is 6.20. The molecule has 4 heteroatoms. The zero-order chi connectivity index (χ0) is 13.8. The molecule has 0 aliphatic rings. The quantitative estimate of drug-likeness (QED) is 0.880. The third kappa shape index (κ3) is 3.64. The van der Waals surface area contributed by atoms with Crippen molar-refractivity contribution >= 4 is 21.6 Å². The number of phenols is 1. The largest absolute Gasteiger partial charge is 0.508 e. The van der Waals surface area contributed by atoms with Gasteiger partial charge in [0.05, 0.1) is 7.11 Å². The smallest absolute Gasteiger partial charge is 0.122 e. The van der Waals surface area contributed by atoms with Crippen molar-refractivity contribution in [3.05, 3.63) is 52.5 Å². The van der Waals surface area contributed by atoms with E-state index in [1.54, 1.807) is 19.2 Å². The summed E-state index contributed by atoms with van der Waals surface area (Å²) in [5.41, 5.74) is 2.09. The second-order valence-corrected chi connectivity index (χ2v) is 5.25. The fourth-order valence-corrected chi connectivity index (χ4v) is 2.33. The van der Waals surface area contributed by atoms with Crippen LogP contribution in [0.15, 0.2) is 46.9 Å². The van der Waals surface area contributed by atoms with Crippen molar-refractivity contribution in [2.75, 3.05) is 12.4 Å². The zero-order valence-electron chi connectivity index (χ0n) is 10.9. The van der Waals surface area contributed by atoms with Crippen LogP contribution in [0.4, 0.5) is 5.69 Å². The summed E-state index contributed by atoms with van der Waals surface area (Å²) in [4.78, 5) is 0. The minimum Gasteiger partial charge on any atom is -0.508 e. The number of hydrogen-bond donors (Lipinski definition) is 2. The van der Waals surface area contributed by atoms with E-state index in [1.165, 1.54) is 0 Å². The van der Waals surface area contributed by atoms with Gasteiger partial charge in [0, 0.05) is 22.3 Å². The molecule has 0 aliphatic carbocycles. The molecule has 1 unspecified atom stereocenters. The van der Waals surface area contributed by atoms with Crippen LogP contribution in [0.1, 0.15) is 18.5 Å². The first-order valence-electron chi connectivity index (χ1n) is 5.98. The Hall–Kier alpha value is -1.68. The van der Waals surface area contributed by atoms with Gasteiger partial charge in [0.25, 0.3) is 0 Å². The first-order chi connectivity index (χ1) is 9.08. The SMILES string of the molecule is COc1cc(Br)cc(NC(C)c2ccc(O)cc2)c1. The van der Waals surface area contributed by atoms with E-state index in [0.29, 0.717) is 0 Å². The van der Waals surface area contributed by atoms with Gasteiger partial charge in [-0.15, -0.1) is 0 Å². The van der Waals surface area contributed by atoms with E-state index < -0.39 is 0 Å². The second-order valence-electron chi connectivity index (χ2n) is 4.34. The van der Waals surface area contributed by atoms with Crippen LogP contribution in [-0.2, 0) is 0 Å². The molecular formula is C15H16BrNO2. The molecule has 3 nitrogen and oxygen atoms in total. The topological polar surface area (TPSA) is 41.5 Å². The van der Waals surface area contributed by atoms with Gasteiger partial charge in [-0.3, -0.25) is 0 Å². The fraction of sp³-hybridized carbons (Fsp3) is 0.200. The molecule has 0 saturated carbocycles. The molecule has 2 aromatic carbocycles. The van der Waals surface area contributed by atoms with E-state index in [9.17, 15) is 5.11 Å². The van der Waals surface area contributed by atoms with Gasteiger partial charge in [-0.05, 0) is 36.8 Å². The van der Waals surface area contributed by atoms with Crippen LogP contribution in [0.2, 0.25) is 0 Å². The molecule has 0 heterocycles. The molecule has 2 N–H and O–H groups in total. The lowest BCUT2D eigenvalue weighted by Gasteiger charge is -2.16. The van der Waals surface area contributed by atoms with Gasteiger partial charge in [0.2, 0.25) is 0 Å². The van der Waals surface area contributed by atoms with Gasteiger partial charge >= 0.3 is 0 Å². The van der Waals surface area contributed by atoms with Crippen LogP contribution >= 0.6 is 15.9 Å². The molecular weight excluding hydrogens is 306 g/mol. The molecule has 2 aromatic rings. The highest BCUT2D eigenvalue weighted by Gasteiger charge is 2.07. The number of ether oxygens (including phenoxy) is 1. The molecule has 0 aromatic heterocycles. The van der Waals surface area contributed by atoms with Crippen LogP contribution in [-0.4, -0.2) is 12.2 Å². The molecule has 1 atom stereocenters. The van der Waals surface area contributed by atoms with Gasteiger partial charge in [0.1, 0.15) is 11.5 Å². The maximum Gasteiger partial charge on any atom is 0.122 e. The van der Waals surface area contributed by atoms with Crippen molar-refractivity contribution in [2.45, 2.75) is 13.0 Å². The number of hydrogen-bond acceptors (Lipinski definition) is 3. The van der Waals surface area contributed by atoms with Crippen LogP contribution in [0.5, 0.6) is 11.5 Å². The molecule has 0 saturated heterocycles. The van der Waals surface area contributed by atoms with Crippen molar-refractivity contribution in [3.8, 4) is 11.5 Å². The lowest BCUT2D eigenvalue weighted by molar-refractivity contribution is 0.414. The van der Waals surface area contributed by atoms with E-state index >= 15 is 0 Å². The Morgan fingerprint density at radius 2 is 1.84 bits per heavy atom. The molecule has 0 aliphatic heterocycles. The molecule has 0 amide bonds. The van der Waals surface area contributed by atoms with Crippen molar-refractivity contribution in [2.24, 2.45) is 0 Å².